The first-order valence-corrected chi connectivity index (χ1v) is 6.48. The van der Waals surface area contributed by atoms with Gasteiger partial charge < -0.3 is 10.6 Å². The molecule has 0 unspecified atom stereocenters. The van der Waals surface area contributed by atoms with Crippen LogP contribution in [0.5, 0.6) is 0 Å². The van der Waals surface area contributed by atoms with E-state index in [0.717, 1.165) is 15.9 Å². The number of nitriles is 1. The second-order valence-corrected chi connectivity index (χ2v) is 4.70. The van der Waals surface area contributed by atoms with E-state index in [1.54, 1.807) is 6.07 Å². The number of hydrogen-bond donors (Lipinski definition) is 2. The Bertz CT molecular complexity index is 594. The molecule has 96 valence electrons. The van der Waals surface area contributed by atoms with Gasteiger partial charge in [-0.25, -0.2) is 9.97 Å². The predicted molar refractivity (Wildman–Crippen MR) is 77.6 cm³/mol. The van der Waals surface area contributed by atoms with Crippen molar-refractivity contribution in [3.05, 3.63) is 46.7 Å². The third-order valence-corrected chi connectivity index (χ3v) is 2.87. The first-order valence-electron chi connectivity index (χ1n) is 5.69. The first kappa shape index (κ1) is 13.3. The average molecular weight is 318 g/mol. The Labute approximate surface area is 119 Å². The second-order valence-electron chi connectivity index (χ2n) is 3.78. The lowest BCUT2D eigenvalue weighted by Crippen LogP contribution is -2.05. The molecule has 0 aliphatic rings. The molecule has 19 heavy (non-hydrogen) atoms. The fraction of sp³-hybridized carbons (Fsp3) is 0.154. The number of nitrogens with one attached hydrogen (secondary N) is 2. The van der Waals surface area contributed by atoms with Gasteiger partial charge in [-0.15, -0.1) is 0 Å². The fourth-order valence-corrected chi connectivity index (χ4v) is 1.97. The van der Waals surface area contributed by atoms with Gasteiger partial charge in [0, 0.05) is 17.1 Å². The van der Waals surface area contributed by atoms with Crippen molar-refractivity contribution in [2.45, 2.75) is 6.54 Å². The Morgan fingerprint density at radius 1 is 1.16 bits per heavy atom. The van der Waals surface area contributed by atoms with E-state index in [0.29, 0.717) is 12.4 Å². The van der Waals surface area contributed by atoms with Crippen LogP contribution >= 0.6 is 15.9 Å². The highest BCUT2D eigenvalue weighted by atomic mass is 79.9. The molecule has 0 amide bonds. The number of hydrogen-bond acceptors (Lipinski definition) is 5. The van der Waals surface area contributed by atoms with Gasteiger partial charge in [0.05, 0.1) is 6.07 Å². The molecule has 0 aliphatic heterocycles. The Kier molecular flexibility index (Phi) is 4.70. The quantitative estimate of drug-likeness (QED) is 0.829. The molecule has 0 spiro atoms. The largest absolute Gasteiger partial charge is 0.366 e. The van der Waals surface area contributed by atoms with Crippen LogP contribution in [0.15, 0.2) is 41.1 Å². The SMILES string of the molecule is N#CCNc1cc(NCc2cccc(Br)c2)ncn1. The normalized spacial score (nSPS) is 9.68. The topological polar surface area (TPSA) is 73.6 Å². The van der Waals surface area contributed by atoms with E-state index in [9.17, 15) is 0 Å². The minimum atomic E-state index is 0.224. The second kappa shape index (κ2) is 6.71. The van der Waals surface area contributed by atoms with Crippen LogP contribution in [0, 0.1) is 11.3 Å². The molecule has 2 rings (SSSR count). The minimum Gasteiger partial charge on any atom is -0.366 e. The number of halogens is 1. The van der Waals surface area contributed by atoms with Crippen molar-refractivity contribution in [2.75, 3.05) is 17.2 Å². The highest BCUT2D eigenvalue weighted by Gasteiger charge is 1.99. The Balaban J connectivity index is 1.98. The average Bonchev–Trinajstić information content (AvgIpc) is 2.43. The van der Waals surface area contributed by atoms with Crippen LogP contribution in [-0.2, 0) is 6.54 Å². The summed E-state index contributed by atoms with van der Waals surface area (Å²) in [6.07, 6.45) is 1.46. The van der Waals surface area contributed by atoms with Crippen LogP contribution in [0.3, 0.4) is 0 Å². The van der Waals surface area contributed by atoms with Crippen LogP contribution in [0.4, 0.5) is 11.6 Å². The van der Waals surface area contributed by atoms with E-state index in [1.807, 2.05) is 30.3 Å². The Hall–Kier alpha value is -2.13. The summed E-state index contributed by atoms with van der Waals surface area (Å²) in [5.41, 5.74) is 1.15. The monoisotopic (exact) mass is 317 g/mol. The summed E-state index contributed by atoms with van der Waals surface area (Å²) in [5, 5.41) is 14.6. The highest BCUT2D eigenvalue weighted by Crippen LogP contribution is 2.14. The molecule has 5 nitrogen and oxygen atoms in total. The molecule has 0 saturated heterocycles. The van der Waals surface area contributed by atoms with Gasteiger partial charge in [-0.2, -0.15) is 5.26 Å². The molecule has 1 aromatic heterocycles. The standard InChI is InChI=1S/C13H12BrN5/c14-11-3-1-2-10(6-11)8-17-13-7-12(16-5-4-15)18-9-19-13/h1-3,6-7,9H,5,8H2,(H2,16,17,18,19). The summed E-state index contributed by atoms with van der Waals surface area (Å²) < 4.78 is 1.05. The minimum absolute atomic E-state index is 0.224. The van der Waals surface area contributed by atoms with Crippen molar-refractivity contribution in [2.24, 2.45) is 0 Å². The van der Waals surface area contributed by atoms with E-state index in [2.05, 4.69) is 36.5 Å². The van der Waals surface area contributed by atoms with Gasteiger partial charge in [0.1, 0.15) is 24.5 Å². The fourth-order valence-electron chi connectivity index (χ4n) is 1.52. The van der Waals surface area contributed by atoms with Crippen molar-refractivity contribution < 1.29 is 0 Å². The number of rotatable bonds is 5. The van der Waals surface area contributed by atoms with Gasteiger partial charge in [0.2, 0.25) is 0 Å². The number of benzene rings is 1. The number of anilines is 2. The molecule has 0 fully saturated rings. The molecule has 0 atom stereocenters. The van der Waals surface area contributed by atoms with Gasteiger partial charge in [0.25, 0.3) is 0 Å². The molecule has 0 radical (unpaired) electrons. The van der Waals surface area contributed by atoms with Crippen LogP contribution in [0.25, 0.3) is 0 Å². The third-order valence-electron chi connectivity index (χ3n) is 2.38. The van der Waals surface area contributed by atoms with Crippen molar-refractivity contribution in [1.29, 1.82) is 5.26 Å². The molecule has 1 heterocycles. The van der Waals surface area contributed by atoms with E-state index < -0.39 is 0 Å². The summed E-state index contributed by atoms with van der Waals surface area (Å²) in [4.78, 5) is 8.15. The highest BCUT2D eigenvalue weighted by molar-refractivity contribution is 9.10. The molecule has 1 aromatic carbocycles. The maximum Gasteiger partial charge on any atom is 0.132 e. The summed E-state index contributed by atoms with van der Waals surface area (Å²) in [7, 11) is 0. The van der Waals surface area contributed by atoms with Gasteiger partial charge in [-0.05, 0) is 17.7 Å². The molecule has 0 saturated carbocycles. The van der Waals surface area contributed by atoms with Gasteiger partial charge in [-0.1, -0.05) is 28.1 Å². The van der Waals surface area contributed by atoms with Crippen LogP contribution in [0.2, 0.25) is 0 Å². The Morgan fingerprint density at radius 3 is 2.68 bits per heavy atom. The third kappa shape index (κ3) is 4.23. The van der Waals surface area contributed by atoms with Gasteiger partial charge in [0.15, 0.2) is 0 Å². The maximum absolute atomic E-state index is 8.50. The van der Waals surface area contributed by atoms with Crippen molar-refractivity contribution in [1.82, 2.24) is 9.97 Å². The Morgan fingerprint density at radius 2 is 1.95 bits per heavy atom. The van der Waals surface area contributed by atoms with E-state index in [4.69, 9.17) is 5.26 Å². The molecule has 6 heteroatoms. The van der Waals surface area contributed by atoms with Gasteiger partial charge >= 0.3 is 0 Å². The maximum atomic E-state index is 8.50. The summed E-state index contributed by atoms with van der Waals surface area (Å²) in [6.45, 7) is 0.899. The van der Waals surface area contributed by atoms with Crippen molar-refractivity contribution >= 4 is 27.6 Å². The lowest BCUT2D eigenvalue weighted by Gasteiger charge is -2.07. The van der Waals surface area contributed by atoms with Crippen molar-refractivity contribution in [3.63, 3.8) is 0 Å². The van der Waals surface area contributed by atoms with Crippen molar-refractivity contribution in [3.8, 4) is 6.07 Å². The first-order chi connectivity index (χ1) is 9.28. The number of nitrogens with zero attached hydrogens (tertiary/aromatic N) is 3. The summed E-state index contributed by atoms with van der Waals surface area (Å²) >= 11 is 3.43. The summed E-state index contributed by atoms with van der Waals surface area (Å²) in [6, 6.07) is 11.8. The lowest BCUT2D eigenvalue weighted by molar-refractivity contribution is 1.07. The van der Waals surface area contributed by atoms with Crippen LogP contribution in [0.1, 0.15) is 5.56 Å². The van der Waals surface area contributed by atoms with Crippen LogP contribution in [-0.4, -0.2) is 16.5 Å². The zero-order chi connectivity index (χ0) is 13.5. The van der Waals surface area contributed by atoms with E-state index >= 15 is 0 Å². The lowest BCUT2D eigenvalue weighted by atomic mass is 10.2. The number of aromatic nitrogens is 2. The zero-order valence-corrected chi connectivity index (χ0v) is 11.7. The molecular formula is C13H12BrN5. The van der Waals surface area contributed by atoms with E-state index in [-0.39, 0.29) is 6.54 Å². The zero-order valence-electron chi connectivity index (χ0n) is 10.1. The van der Waals surface area contributed by atoms with Gasteiger partial charge in [-0.3, -0.25) is 0 Å². The molecule has 0 aliphatic carbocycles. The van der Waals surface area contributed by atoms with Crippen LogP contribution < -0.4 is 10.6 Å². The smallest absolute Gasteiger partial charge is 0.132 e. The molecular weight excluding hydrogens is 306 g/mol. The summed E-state index contributed by atoms with van der Waals surface area (Å²) in [5.74, 6) is 1.35. The van der Waals surface area contributed by atoms with E-state index in [1.165, 1.54) is 6.33 Å². The molecule has 2 N–H and O–H groups in total. The predicted octanol–water partition coefficient (Wildman–Crippen LogP) is 2.79. The molecule has 2 aromatic rings. The molecule has 0 bridgehead atoms.